The van der Waals surface area contributed by atoms with Gasteiger partial charge in [0.15, 0.2) is 5.69 Å². The summed E-state index contributed by atoms with van der Waals surface area (Å²) >= 11 is 6.16. The number of aliphatic hydroxyl groups is 1. The lowest BCUT2D eigenvalue weighted by atomic mass is 9.74. The number of benzene rings is 2. The van der Waals surface area contributed by atoms with Gasteiger partial charge in [0.1, 0.15) is 5.82 Å². The molecule has 1 N–H and O–H groups in total. The minimum Gasteiger partial charge on any atom is -0.396 e. The van der Waals surface area contributed by atoms with Crippen molar-refractivity contribution < 1.29 is 5.11 Å². The number of aliphatic hydroxyl groups excluding tert-OH is 1. The average Bonchev–Trinajstić information content (AvgIpc) is 3.14. The first-order valence-corrected chi connectivity index (χ1v) is 11.4. The summed E-state index contributed by atoms with van der Waals surface area (Å²) < 4.78 is 2.26. The number of piperidine rings is 1. The smallest absolute Gasteiger partial charge is 0.187 e. The fraction of sp³-hybridized carbons (Fsp3) is 0.385. The standard InChI is InChI=1S/C26H29ClN4O/c1-20-29-16-25(31(20)17-21-6-8-24(28-2)9-7-21)18-30-12-10-26(19-32,11-13-30)15-22-4-3-5-23(27)14-22/h3-9,14,16,32H,10-13,15,17-19H2,1H3. The van der Waals surface area contributed by atoms with Crippen molar-refractivity contribution in [1.82, 2.24) is 14.5 Å². The van der Waals surface area contributed by atoms with Gasteiger partial charge >= 0.3 is 0 Å². The first-order valence-electron chi connectivity index (χ1n) is 11.1. The first kappa shape index (κ1) is 22.5. The lowest BCUT2D eigenvalue weighted by Gasteiger charge is -2.41. The van der Waals surface area contributed by atoms with Crippen LogP contribution in [0.2, 0.25) is 5.02 Å². The Balaban J connectivity index is 1.40. The quantitative estimate of drug-likeness (QED) is 0.501. The molecule has 0 unspecified atom stereocenters. The van der Waals surface area contributed by atoms with Crippen molar-refractivity contribution >= 4 is 17.3 Å². The van der Waals surface area contributed by atoms with Crippen LogP contribution in [-0.2, 0) is 19.5 Å². The highest BCUT2D eigenvalue weighted by Gasteiger charge is 2.34. The zero-order valence-corrected chi connectivity index (χ0v) is 19.2. The Morgan fingerprint density at radius 3 is 2.50 bits per heavy atom. The van der Waals surface area contributed by atoms with E-state index in [4.69, 9.17) is 18.2 Å². The topological polar surface area (TPSA) is 45.6 Å². The minimum absolute atomic E-state index is 0.0814. The molecule has 166 valence electrons. The number of halogens is 1. The van der Waals surface area contributed by atoms with Crippen LogP contribution in [0.1, 0.15) is 35.5 Å². The van der Waals surface area contributed by atoms with Crippen LogP contribution >= 0.6 is 11.6 Å². The maximum atomic E-state index is 10.2. The van der Waals surface area contributed by atoms with Crippen LogP contribution in [0.3, 0.4) is 0 Å². The van der Waals surface area contributed by atoms with Crippen molar-refractivity contribution in [2.24, 2.45) is 5.41 Å². The Morgan fingerprint density at radius 1 is 1.09 bits per heavy atom. The van der Waals surface area contributed by atoms with Gasteiger partial charge in [-0.3, -0.25) is 4.90 Å². The van der Waals surface area contributed by atoms with Gasteiger partial charge in [-0.05, 0) is 68.0 Å². The molecule has 1 aliphatic heterocycles. The third-order valence-corrected chi connectivity index (χ3v) is 6.88. The lowest BCUT2D eigenvalue weighted by Crippen LogP contribution is -2.43. The number of nitrogens with zero attached hydrogens (tertiary/aromatic N) is 4. The van der Waals surface area contributed by atoms with E-state index in [1.807, 2.05) is 55.6 Å². The zero-order chi connectivity index (χ0) is 22.6. The minimum atomic E-state index is -0.0814. The van der Waals surface area contributed by atoms with Crippen molar-refractivity contribution in [2.45, 2.75) is 39.3 Å². The lowest BCUT2D eigenvalue weighted by molar-refractivity contribution is 0.0406. The van der Waals surface area contributed by atoms with E-state index in [0.29, 0.717) is 5.69 Å². The molecule has 0 radical (unpaired) electrons. The maximum Gasteiger partial charge on any atom is 0.187 e. The van der Waals surface area contributed by atoms with Crippen molar-refractivity contribution in [3.63, 3.8) is 0 Å². The number of hydrogen-bond acceptors (Lipinski definition) is 3. The molecule has 4 rings (SSSR count). The molecule has 6 heteroatoms. The van der Waals surface area contributed by atoms with Gasteiger partial charge in [-0.15, -0.1) is 0 Å². The molecule has 0 spiro atoms. The van der Waals surface area contributed by atoms with E-state index in [2.05, 4.69) is 25.4 Å². The van der Waals surface area contributed by atoms with Gasteiger partial charge < -0.3 is 9.67 Å². The van der Waals surface area contributed by atoms with Gasteiger partial charge in [-0.1, -0.05) is 48.0 Å². The molecule has 1 aromatic heterocycles. The highest BCUT2D eigenvalue weighted by atomic mass is 35.5. The number of imidazole rings is 1. The van der Waals surface area contributed by atoms with Gasteiger partial charge in [-0.2, -0.15) is 0 Å². The normalized spacial score (nSPS) is 16.1. The molecule has 3 aromatic rings. The van der Waals surface area contributed by atoms with Crippen molar-refractivity contribution in [3.05, 3.63) is 93.8 Å². The van der Waals surface area contributed by atoms with Gasteiger partial charge in [0.25, 0.3) is 0 Å². The molecule has 0 aliphatic carbocycles. The molecule has 0 saturated carbocycles. The molecule has 32 heavy (non-hydrogen) atoms. The third-order valence-electron chi connectivity index (χ3n) is 6.65. The summed E-state index contributed by atoms with van der Waals surface area (Å²) in [6.45, 7) is 12.9. The molecule has 0 atom stereocenters. The molecule has 5 nitrogen and oxygen atoms in total. The maximum absolute atomic E-state index is 10.2. The fourth-order valence-corrected chi connectivity index (χ4v) is 4.81. The Kier molecular flexibility index (Phi) is 6.95. The van der Waals surface area contributed by atoms with Crippen molar-refractivity contribution in [2.75, 3.05) is 19.7 Å². The van der Waals surface area contributed by atoms with Gasteiger partial charge in [0.05, 0.1) is 12.3 Å². The second-order valence-electron chi connectivity index (χ2n) is 8.90. The fourth-order valence-electron chi connectivity index (χ4n) is 4.60. The number of aryl methyl sites for hydroxylation is 1. The zero-order valence-electron chi connectivity index (χ0n) is 18.5. The molecule has 0 amide bonds. The van der Waals surface area contributed by atoms with E-state index < -0.39 is 0 Å². The Labute approximate surface area is 195 Å². The molecular weight excluding hydrogens is 420 g/mol. The summed E-state index contributed by atoms with van der Waals surface area (Å²) in [5.41, 5.74) is 4.14. The third kappa shape index (κ3) is 5.21. The molecule has 0 bridgehead atoms. The summed E-state index contributed by atoms with van der Waals surface area (Å²) in [4.78, 5) is 10.5. The predicted octanol–water partition coefficient (Wildman–Crippen LogP) is 5.26. The Hall–Kier alpha value is -2.65. The van der Waals surface area contributed by atoms with Crippen LogP contribution in [0.5, 0.6) is 0 Å². The predicted molar refractivity (Wildman–Crippen MR) is 128 cm³/mol. The summed E-state index contributed by atoms with van der Waals surface area (Å²) in [6.07, 6.45) is 4.75. The first-order chi connectivity index (χ1) is 15.5. The van der Waals surface area contributed by atoms with E-state index in [0.717, 1.165) is 56.3 Å². The number of hydrogen-bond donors (Lipinski definition) is 1. The van der Waals surface area contributed by atoms with Crippen molar-refractivity contribution in [3.8, 4) is 0 Å². The van der Waals surface area contributed by atoms with E-state index in [1.54, 1.807) is 0 Å². The summed E-state index contributed by atoms with van der Waals surface area (Å²) in [7, 11) is 0. The molecular formula is C26H29ClN4O. The van der Waals surface area contributed by atoms with Gasteiger partial charge in [0, 0.05) is 30.9 Å². The molecule has 2 heterocycles. The Morgan fingerprint density at radius 2 is 1.84 bits per heavy atom. The molecule has 2 aromatic carbocycles. The van der Waals surface area contributed by atoms with Crippen LogP contribution in [0.15, 0.2) is 54.7 Å². The number of likely N-dealkylation sites (tertiary alicyclic amines) is 1. The summed E-state index contributed by atoms with van der Waals surface area (Å²) in [5, 5.41) is 11.0. The second-order valence-corrected chi connectivity index (χ2v) is 9.34. The van der Waals surface area contributed by atoms with Crippen LogP contribution in [-0.4, -0.2) is 39.3 Å². The van der Waals surface area contributed by atoms with Crippen LogP contribution in [0, 0.1) is 18.9 Å². The second kappa shape index (κ2) is 9.87. The SMILES string of the molecule is [C-]#[N+]c1ccc(Cn2c(CN3CCC(CO)(Cc4cccc(Cl)c4)CC3)cnc2C)cc1. The van der Waals surface area contributed by atoms with E-state index in [1.165, 1.54) is 16.8 Å². The highest BCUT2D eigenvalue weighted by molar-refractivity contribution is 6.30. The van der Waals surface area contributed by atoms with Crippen LogP contribution in [0.4, 0.5) is 5.69 Å². The van der Waals surface area contributed by atoms with Gasteiger partial charge in [0.2, 0.25) is 0 Å². The largest absolute Gasteiger partial charge is 0.396 e. The highest BCUT2D eigenvalue weighted by Crippen LogP contribution is 2.35. The van der Waals surface area contributed by atoms with E-state index in [-0.39, 0.29) is 12.0 Å². The van der Waals surface area contributed by atoms with Crippen LogP contribution < -0.4 is 0 Å². The van der Waals surface area contributed by atoms with Crippen LogP contribution in [0.25, 0.3) is 4.85 Å². The summed E-state index contributed by atoms with van der Waals surface area (Å²) in [5.74, 6) is 0.997. The molecule has 1 fully saturated rings. The Bertz CT molecular complexity index is 1090. The number of rotatable bonds is 7. The van der Waals surface area contributed by atoms with Gasteiger partial charge in [-0.25, -0.2) is 9.83 Å². The molecule has 1 saturated heterocycles. The molecule has 1 aliphatic rings. The summed E-state index contributed by atoms with van der Waals surface area (Å²) in [6, 6.07) is 15.8. The van der Waals surface area contributed by atoms with E-state index >= 15 is 0 Å². The number of aromatic nitrogens is 2. The average molecular weight is 449 g/mol. The monoisotopic (exact) mass is 448 g/mol. The van der Waals surface area contributed by atoms with Crippen molar-refractivity contribution in [1.29, 1.82) is 0 Å². The van der Waals surface area contributed by atoms with E-state index in [9.17, 15) is 5.11 Å².